The highest BCUT2D eigenvalue weighted by Gasteiger charge is 2.37. The highest BCUT2D eigenvalue weighted by molar-refractivity contribution is 5.94. The average Bonchev–Trinajstić information content (AvgIpc) is 3.20. The van der Waals surface area contributed by atoms with E-state index in [-0.39, 0.29) is 42.1 Å². The number of hydrogen-bond acceptors (Lipinski definition) is 4. The molecule has 180 valence electrons. The average molecular weight is 485 g/mol. The number of benzene rings is 1. The zero-order valence-corrected chi connectivity index (χ0v) is 17.6. The van der Waals surface area contributed by atoms with Crippen LogP contribution in [-0.2, 0) is 17.1 Å². The molecule has 34 heavy (non-hydrogen) atoms. The third-order valence-corrected chi connectivity index (χ3v) is 5.51. The molecular weight excluding hydrogens is 468 g/mol. The Morgan fingerprint density at radius 2 is 1.38 bits per heavy atom. The molecule has 0 unspecified atom stereocenters. The molecule has 1 saturated heterocycles. The molecule has 4 rings (SSSR count). The Balaban J connectivity index is 1.73. The molecule has 0 radical (unpaired) electrons. The molecule has 13 heteroatoms. The summed E-state index contributed by atoms with van der Waals surface area (Å²) in [5, 5.41) is 7.57. The Morgan fingerprint density at radius 1 is 0.824 bits per heavy atom. The van der Waals surface area contributed by atoms with Crippen molar-refractivity contribution in [2.45, 2.75) is 19.3 Å². The molecule has 1 aliphatic heterocycles. The van der Waals surface area contributed by atoms with Gasteiger partial charge in [-0.05, 0) is 30.3 Å². The van der Waals surface area contributed by atoms with Crippen molar-refractivity contribution in [2.24, 2.45) is 0 Å². The van der Waals surface area contributed by atoms with Gasteiger partial charge in [-0.3, -0.25) is 14.0 Å². The highest BCUT2D eigenvalue weighted by Crippen LogP contribution is 2.38. The monoisotopic (exact) mass is 485 g/mol. The minimum absolute atomic E-state index is 0.0301. The van der Waals surface area contributed by atoms with E-state index in [1.54, 1.807) is 4.90 Å². The van der Waals surface area contributed by atoms with Crippen LogP contribution in [0.1, 0.15) is 28.4 Å². The lowest BCUT2D eigenvalue weighted by molar-refractivity contribution is -0.143. The van der Waals surface area contributed by atoms with E-state index in [9.17, 15) is 35.9 Å². The second-order valence-electron chi connectivity index (χ2n) is 7.76. The summed E-state index contributed by atoms with van der Waals surface area (Å²) < 4.78 is 80.7. The molecule has 1 aliphatic rings. The molecule has 1 aromatic carbocycles. The number of piperazine rings is 1. The van der Waals surface area contributed by atoms with Crippen LogP contribution in [0.25, 0.3) is 17.0 Å². The Hall–Kier alpha value is -3.64. The zero-order chi connectivity index (χ0) is 24.8. The van der Waals surface area contributed by atoms with Crippen LogP contribution in [0.4, 0.5) is 26.3 Å². The normalized spacial score (nSPS) is 15.1. The van der Waals surface area contributed by atoms with E-state index >= 15 is 0 Å². The molecule has 0 saturated carbocycles. The number of nitrogens with zero attached hydrogens (tertiary/aromatic N) is 5. The standard InChI is InChI=1S/C21H17F6N5O2/c1-12(33)30-4-6-31(7-5-30)19(34)13-2-3-17-28-29-18(32(17)11-13)14-8-15(20(22,23)24)10-16(9-14)21(25,26)27/h2-3,8-11H,4-7H2,1H3. The van der Waals surface area contributed by atoms with Gasteiger partial charge in [-0.2, -0.15) is 26.3 Å². The van der Waals surface area contributed by atoms with Crippen LogP contribution in [0.15, 0.2) is 36.5 Å². The predicted molar refractivity (Wildman–Crippen MR) is 107 cm³/mol. The van der Waals surface area contributed by atoms with Crippen LogP contribution < -0.4 is 0 Å². The number of alkyl halides is 6. The van der Waals surface area contributed by atoms with Gasteiger partial charge in [0.05, 0.1) is 16.7 Å². The summed E-state index contributed by atoms with van der Waals surface area (Å²) in [7, 11) is 0. The number of carbonyl (C=O) groups is 2. The van der Waals surface area contributed by atoms with Crippen molar-refractivity contribution in [1.82, 2.24) is 24.4 Å². The van der Waals surface area contributed by atoms with Gasteiger partial charge in [-0.1, -0.05) is 0 Å². The summed E-state index contributed by atoms with van der Waals surface area (Å²) in [5.74, 6) is -0.783. The molecule has 0 aliphatic carbocycles. The van der Waals surface area contributed by atoms with Gasteiger partial charge in [0, 0.05) is 44.9 Å². The molecule has 3 heterocycles. The van der Waals surface area contributed by atoms with Crippen molar-refractivity contribution in [3.05, 3.63) is 53.2 Å². The van der Waals surface area contributed by atoms with Crippen molar-refractivity contribution in [1.29, 1.82) is 0 Å². The maximum Gasteiger partial charge on any atom is 0.416 e. The first-order valence-electron chi connectivity index (χ1n) is 10.0. The molecule has 3 aromatic rings. The number of carbonyl (C=O) groups excluding carboxylic acids is 2. The van der Waals surface area contributed by atoms with Gasteiger partial charge in [0.2, 0.25) is 5.91 Å². The molecule has 1 fully saturated rings. The SMILES string of the molecule is CC(=O)N1CCN(C(=O)c2ccc3nnc(-c4cc(C(F)(F)F)cc(C(F)(F)F)c4)n3c2)CC1. The van der Waals surface area contributed by atoms with Gasteiger partial charge in [0.1, 0.15) is 0 Å². The van der Waals surface area contributed by atoms with Gasteiger partial charge in [-0.15, -0.1) is 10.2 Å². The summed E-state index contributed by atoms with van der Waals surface area (Å²) in [4.78, 5) is 27.5. The van der Waals surface area contributed by atoms with Crippen molar-refractivity contribution >= 4 is 17.5 Å². The lowest BCUT2D eigenvalue weighted by Gasteiger charge is -2.34. The third kappa shape index (κ3) is 4.54. The molecule has 2 aromatic heterocycles. The van der Waals surface area contributed by atoms with Crippen LogP contribution in [0.3, 0.4) is 0 Å². The third-order valence-electron chi connectivity index (χ3n) is 5.51. The van der Waals surface area contributed by atoms with E-state index in [4.69, 9.17) is 0 Å². The second-order valence-corrected chi connectivity index (χ2v) is 7.76. The molecule has 0 N–H and O–H groups in total. The van der Waals surface area contributed by atoms with Crippen molar-refractivity contribution in [3.8, 4) is 11.4 Å². The van der Waals surface area contributed by atoms with Crippen molar-refractivity contribution < 1.29 is 35.9 Å². The van der Waals surface area contributed by atoms with E-state index in [0.717, 1.165) is 0 Å². The quantitative estimate of drug-likeness (QED) is 0.519. The summed E-state index contributed by atoms with van der Waals surface area (Å²) in [6.45, 7) is 2.70. The minimum Gasteiger partial charge on any atom is -0.339 e. The maximum atomic E-state index is 13.3. The van der Waals surface area contributed by atoms with Crippen molar-refractivity contribution in [2.75, 3.05) is 26.2 Å². The molecule has 2 amide bonds. The first-order chi connectivity index (χ1) is 15.8. The van der Waals surface area contributed by atoms with Gasteiger partial charge in [0.25, 0.3) is 5.91 Å². The number of pyridine rings is 1. The van der Waals surface area contributed by atoms with Crippen LogP contribution in [0, 0.1) is 0 Å². The fraction of sp³-hybridized carbons (Fsp3) is 0.333. The van der Waals surface area contributed by atoms with E-state index in [1.165, 1.54) is 34.6 Å². The Labute approximate surface area is 188 Å². The topological polar surface area (TPSA) is 70.8 Å². The maximum absolute atomic E-state index is 13.3. The summed E-state index contributed by atoms with van der Waals surface area (Å²) in [5.41, 5.74) is -3.13. The van der Waals surface area contributed by atoms with E-state index in [1.807, 2.05) is 0 Å². The first kappa shape index (κ1) is 23.5. The fourth-order valence-corrected chi connectivity index (χ4v) is 3.71. The number of fused-ring (bicyclic) bond motifs is 1. The Morgan fingerprint density at radius 3 is 1.91 bits per heavy atom. The number of aromatic nitrogens is 3. The first-order valence-corrected chi connectivity index (χ1v) is 10.0. The summed E-state index contributed by atoms with van der Waals surface area (Å²) in [6, 6.07) is 3.99. The zero-order valence-electron chi connectivity index (χ0n) is 17.6. The van der Waals surface area contributed by atoms with E-state index < -0.39 is 35.0 Å². The summed E-state index contributed by atoms with van der Waals surface area (Å²) >= 11 is 0. The minimum atomic E-state index is -5.01. The second kappa shape index (κ2) is 8.29. The predicted octanol–water partition coefficient (Wildman–Crippen LogP) is 3.74. The lowest BCUT2D eigenvalue weighted by atomic mass is 10.0. The fourth-order valence-electron chi connectivity index (χ4n) is 3.71. The molecule has 7 nitrogen and oxygen atoms in total. The lowest BCUT2D eigenvalue weighted by Crippen LogP contribution is -2.50. The molecular formula is C21H17F6N5O2. The van der Waals surface area contributed by atoms with E-state index in [2.05, 4.69) is 10.2 Å². The van der Waals surface area contributed by atoms with Gasteiger partial charge in [0.15, 0.2) is 11.5 Å². The highest BCUT2D eigenvalue weighted by atomic mass is 19.4. The largest absolute Gasteiger partial charge is 0.416 e. The number of halogens is 6. The Kier molecular flexibility index (Phi) is 5.74. The Bertz CT molecular complexity index is 1230. The van der Waals surface area contributed by atoms with Crippen LogP contribution in [0.5, 0.6) is 0 Å². The van der Waals surface area contributed by atoms with Crippen LogP contribution in [-0.4, -0.2) is 62.4 Å². The van der Waals surface area contributed by atoms with Gasteiger partial charge in [-0.25, -0.2) is 0 Å². The smallest absolute Gasteiger partial charge is 0.339 e. The van der Waals surface area contributed by atoms with Gasteiger partial charge >= 0.3 is 12.4 Å². The molecule has 0 atom stereocenters. The van der Waals surface area contributed by atoms with Gasteiger partial charge < -0.3 is 9.80 Å². The molecule has 0 spiro atoms. The number of amides is 2. The number of hydrogen-bond donors (Lipinski definition) is 0. The van der Waals surface area contributed by atoms with E-state index in [0.29, 0.717) is 25.2 Å². The van der Waals surface area contributed by atoms with Crippen LogP contribution >= 0.6 is 0 Å². The molecule has 0 bridgehead atoms. The summed E-state index contributed by atoms with van der Waals surface area (Å²) in [6.07, 6.45) is -8.75. The van der Waals surface area contributed by atoms with Crippen LogP contribution in [0.2, 0.25) is 0 Å². The number of rotatable bonds is 2. The van der Waals surface area contributed by atoms with Crippen molar-refractivity contribution in [3.63, 3.8) is 0 Å².